The van der Waals surface area contributed by atoms with Crippen molar-refractivity contribution in [2.75, 3.05) is 5.73 Å². The van der Waals surface area contributed by atoms with Gasteiger partial charge < -0.3 is 5.73 Å². The molecular formula is C17H16FN3. The highest BCUT2D eigenvalue weighted by atomic mass is 19.1. The fraction of sp³-hybridized carbons (Fsp3) is 0.118. The highest BCUT2D eigenvalue weighted by Crippen LogP contribution is 2.28. The van der Waals surface area contributed by atoms with Gasteiger partial charge in [-0.25, -0.2) is 9.07 Å². The molecule has 2 aromatic carbocycles. The summed E-state index contributed by atoms with van der Waals surface area (Å²) in [5.41, 5.74) is 9.10. The summed E-state index contributed by atoms with van der Waals surface area (Å²) >= 11 is 0. The molecule has 0 aliphatic rings. The van der Waals surface area contributed by atoms with Crippen molar-refractivity contribution >= 4 is 5.82 Å². The van der Waals surface area contributed by atoms with Crippen LogP contribution >= 0.6 is 0 Å². The third-order valence-electron chi connectivity index (χ3n) is 3.54. The van der Waals surface area contributed by atoms with E-state index in [0.29, 0.717) is 23.6 Å². The summed E-state index contributed by atoms with van der Waals surface area (Å²) in [4.78, 5) is 0. The van der Waals surface area contributed by atoms with E-state index in [1.54, 1.807) is 22.9 Å². The molecule has 0 atom stereocenters. The molecule has 3 nitrogen and oxygen atoms in total. The average Bonchev–Trinajstić information content (AvgIpc) is 2.77. The predicted octanol–water partition coefficient (Wildman–Crippen LogP) is 3.63. The van der Waals surface area contributed by atoms with E-state index in [0.717, 1.165) is 11.1 Å². The van der Waals surface area contributed by atoms with Gasteiger partial charge in [0.15, 0.2) is 0 Å². The zero-order valence-electron chi connectivity index (χ0n) is 11.8. The van der Waals surface area contributed by atoms with Gasteiger partial charge in [-0.15, -0.1) is 0 Å². The van der Waals surface area contributed by atoms with Crippen LogP contribution in [0.5, 0.6) is 0 Å². The van der Waals surface area contributed by atoms with Crippen molar-refractivity contribution in [1.82, 2.24) is 9.78 Å². The molecule has 4 heteroatoms. The summed E-state index contributed by atoms with van der Waals surface area (Å²) in [6.07, 6.45) is 0. The Hall–Kier alpha value is -2.62. The van der Waals surface area contributed by atoms with Crippen LogP contribution in [0.2, 0.25) is 0 Å². The fourth-order valence-electron chi connectivity index (χ4n) is 2.35. The highest BCUT2D eigenvalue weighted by Gasteiger charge is 2.16. The Morgan fingerprint density at radius 3 is 2.43 bits per heavy atom. The normalized spacial score (nSPS) is 10.8. The van der Waals surface area contributed by atoms with Gasteiger partial charge in [0.1, 0.15) is 17.3 Å². The van der Waals surface area contributed by atoms with Gasteiger partial charge >= 0.3 is 0 Å². The first kappa shape index (κ1) is 13.4. The van der Waals surface area contributed by atoms with Crippen molar-refractivity contribution in [2.24, 2.45) is 0 Å². The van der Waals surface area contributed by atoms with Gasteiger partial charge in [-0.3, -0.25) is 0 Å². The minimum atomic E-state index is -0.287. The van der Waals surface area contributed by atoms with Crippen LogP contribution < -0.4 is 5.73 Å². The molecule has 0 unspecified atom stereocenters. The van der Waals surface area contributed by atoms with Crippen LogP contribution in [0.25, 0.3) is 11.3 Å². The van der Waals surface area contributed by atoms with E-state index in [4.69, 9.17) is 5.73 Å². The highest BCUT2D eigenvalue weighted by molar-refractivity contribution is 5.68. The molecule has 0 saturated heterocycles. The molecule has 0 aliphatic carbocycles. The molecule has 0 spiro atoms. The van der Waals surface area contributed by atoms with Crippen LogP contribution in [0, 0.1) is 12.7 Å². The Balaban J connectivity index is 2.02. The van der Waals surface area contributed by atoms with Crippen LogP contribution in [-0.4, -0.2) is 9.78 Å². The van der Waals surface area contributed by atoms with E-state index >= 15 is 0 Å². The summed E-state index contributed by atoms with van der Waals surface area (Å²) in [5.74, 6) is 0.280. The first-order valence-electron chi connectivity index (χ1n) is 6.78. The van der Waals surface area contributed by atoms with Crippen LogP contribution in [0.4, 0.5) is 10.2 Å². The third-order valence-corrected chi connectivity index (χ3v) is 3.54. The monoisotopic (exact) mass is 281 g/mol. The number of aromatic nitrogens is 2. The van der Waals surface area contributed by atoms with Gasteiger partial charge in [0.25, 0.3) is 0 Å². The minimum absolute atomic E-state index is 0.287. The first-order valence-corrected chi connectivity index (χ1v) is 6.78. The second kappa shape index (κ2) is 5.40. The van der Waals surface area contributed by atoms with Crippen molar-refractivity contribution < 1.29 is 4.39 Å². The average molecular weight is 281 g/mol. The van der Waals surface area contributed by atoms with E-state index in [-0.39, 0.29) is 5.82 Å². The number of nitrogens with two attached hydrogens (primary N) is 1. The van der Waals surface area contributed by atoms with Crippen molar-refractivity contribution in [1.29, 1.82) is 0 Å². The second-order valence-corrected chi connectivity index (χ2v) is 4.98. The maximum absolute atomic E-state index is 13.9. The number of nitrogens with zero attached hydrogens (tertiary/aromatic N) is 2. The summed E-state index contributed by atoms with van der Waals surface area (Å²) in [6, 6.07) is 16.5. The Labute approximate surface area is 122 Å². The molecule has 21 heavy (non-hydrogen) atoms. The number of rotatable bonds is 3. The molecule has 3 aromatic rings. The topological polar surface area (TPSA) is 43.8 Å². The van der Waals surface area contributed by atoms with E-state index in [1.165, 1.54) is 6.07 Å². The maximum Gasteiger partial charge on any atom is 0.132 e. The van der Waals surface area contributed by atoms with Gasteiger partial charge in [0.2, 0.25) is 0 Å². The molecule has 0 radical (unpaired) electrons. The number of benzene rings is 2. The molecule has 0 aliphatic heterocycles. The van der Waals surface area contributed by atoms with Crippen LogP contribution in [-0.2, 0) is 6.54 Å². The van der Waals surface area contributed by atoms with Crippen molar-refractivity contribution in [2.45, 2.75) is 13.5 Å². The molecule has 0 bridgehead atoms. The van der Waals surface area contributed by atoms with Gasteiger partial charge in [0, 0.05) is 11.1 Å². The fourth-order valence-corrected chi connectivity index (χ4v) is 2.35. The van der Waals surface area contributed by atoms with Gasteiger partial charge in [0.05, 0.1) is 6.54 Å². The van der Waals surface area contributed by atoms with Gasteiger partial charge in [-0.2, -0.15) is 5.10 Å². The number of halogens is 1. The summed E-state index contributed by atoms with van der Waals surface area (Å²) in [7, 11) is 0. The first-order chi connectivity index (χ1) is 10.2. The predicted molar refractivity (Wildman–Crippen MR) is 82.3 cm³/mol. The Kier molecular flexibility index (Phi) is 3.44. The summed E-state index contributed by atoms with van der Waals surface area (Å²) in [5, 5.41) is 4.49. The lowest BCUT2D eigenvalue weighted by Gasteiger charge is -2.04. The lowest BCUT2D eigenvalue weighted by Crippen LogP contribution is -2.06. The number of anilines is 1. The molecule has 0 saturated carbocycles. The SMILES string of the molecule is Cc1c(-c2ccccc2F)nn(Cc2ccccc2)c1N. The van der Waals surface area contributed by atoms with E-state index in [2.05, 4.69) is 5.10 Å². The lowest BCUT2D eigenvalue weighted by molar-refractivity contribution is 0.629. The summed E-state index contributed by atoms with van der Waals surface area (Å²) < 4.78 is 15.6. The molecule has 0 fully saturated rings. The Bertz CT molecular complexity index is 763. The van der Waals surface area contributed by atoms with Crippen LogP contribution in [0.3, 0.4) is 0 Å². The number of nitrogen functional groups attached to an aromatic ring is 1. The molecule has 0 amide bonds. The summed E-state index contributed by atoms with van der Waals surface area (Å²) in [6.45, 7) is 2.44. The molecule has 2 N–H and O–H groups in total. The number of hydrogen-bond donors (Lipinski definition) is 1. The smallest absolute Gasteiger partial charge is 0.132 e. The van der Waals surface area contributed by atoms with Gasteiger partial charge in [-0.1, -0.05) is 42.5 Å². The van der Waals surface area contributed by atoms with Crippen molar-refractivity contribution in [3.05, 3.63) is 71.5 Å². The van der Waals surface area contributed by atoms with E-state index < -0.39 is 0 Å². The Morgan fingerprint density at radius 2 is 1.71 bits per heavy atom. The molecule has 106 valence electrons. The second-order valence-electron chi connectivity index (χ2n) is 4.98. The van der Waals surface area contributed by atoms with Crippen LogP contribution in [0.15, 0.2) is 54.6 Å². The molecule has 3 rings (SSSR count). The largest absolute Gasteiger partial charge is 0.384 e. The zero-order valence-corrected chi connectivity index (χ0v) is 11.8. The lowest BCUT2D eigenvalue weighted by atomic mass is 10.1. The number of hydrogen-bond acceptors (Lipinski definition) is 2. The minimum Gasteiger partial charge on any atom is -0.384 e. The van der Waals surface area contributed by atoms with Crippen molar-refractivity contribution in [3.8, 4) is 11.3 Å². The molecule has 1 aromatic heterocycles. The molecular weight excluding hydrogens is 265 g/mol. The maximum atomic E-state index is 13.9. The quantitative estimate of drug-likeness (QED) is 0.796. The van der Waals surface area contributed by atoms with Crippen molar-refractivity contribution in [3.63, 3.8) is 0 Å². The zero-order chi connectivity index (χ0) is 14.8. The standard InChI is InChI=1S/C17H16FN3/c1-12-16(14-9-5-6-10-15(14)18)20-21(17(12)19)11-13-7-3-2-4-8-13/h2-10H,11,19H2,1H3. The van der Waals surface area contributed by atoms with Gasteiger partial charge in [-0.05, 0) is 24.6 Å². The third kappa shape index (κ3) is 2.52. The van der Waals surface area contributed by atoms with E-state index in [9.17, 15) is 4.39 Å². The van der Waals surface area contributed by atoms with E-state index in [1.807, 2.05) is 37.3 Å². The van der Waals surface area contributed by atoms with Crippen LogP contribution in [0.1, 0.15) is 11.1 Å². The Morgan fingerprint density at radius 1 is 1.05 bits per heavy atom. The molecule has 1 heterocycles.